The van der Waals surface area contributed by atoms with Crippen molar-refractivity contribution in [3.63, 3.8) is 0 Å². The molecule has 0 unspecified atom stereocenters. The molecule has 1 saturated heterocycles. The topological polar surface area (TPSA) is 66.8 Å². The SMILES string of the molecule is COCCN1C(=O)C(=O)C(=C(O)c2ccc(C)cc2)[C@H]1c1ccc(Cl)cc1. The number of carbonyl (C=O) groups excluding carboxylic acids is 2. The molecule has 3 rings (SSSR count). The number of halogens is 1. The summed E-state index contributed by atoms with van der Waals surface area (Å²) in [6.07, 6.45) is 0. The van der Waals surface area contributed by atoms with Crippen molar-refractivity contribution in [3.8, 4) is 0 Å². The average Bonchev–Trinajstić information content (AvgIpc) is 2.91. The van der Waals surface area contributed by atoms with Gasteiger partial charge in [-0.3, -0.25) is 9.59 Å². The summed E-state index contributed by atoms with van der Waals surface area (Å²) in [6, 6.07) is 13.3. The summed E-state index contributed by atoms with van der Waals surface area (Å²) in [4.78, 5) is 26.8. The monoisotopic (exact) mass is 385 g/mol. The van der Waals surface area contributed by atoms with Crippen molar-refractivity contribution in [1.82, 2.24) is 4.90 Å². The number of hydrogen-bond acceptors (Lipinski definition) is 4. The maximum Gasteiger partial charge on any atom is 0.295 e. The molecule has 2 aromatic rings. The van der Waals surface area contributed by atoms with Crippen LogP contribution in [0.1, 0.15) is 22.7 Å². The fourth-order valence-electron chi connectivity index (χ4n) is 3.16. The molecule has 1 aliphatic rings. The molecule has 1 N–H and O–H groups in total. The molecule has 0 saturated carbocycles. The Labute approximate surface area is 162 Å². The Morgan fingerprint density at radius 1 is 1.11 bits per heavy atom. The zero-order valence-corrected chi connectivity index (χ0v) is 15.9. The van der Waals surface area contributed by atoms with Crippen LogP contribution < -0.4 is 0 Å². The number of Topliss-reactive ketones (excluding diaryl/α,β-unsaturated/α-hetero) is 1. The first kappa shape index (κ1) is 19.1. The number of benzene rings is 2. The van der Waals surface area contributed by atoms with Gasteiger partial charge in [0.1, 0.15) is 5.76 Å². The minimum Gasteiger partial charge on any atom is -0.507 e. The Balaban J connectivity index is 2.14. The third-order valence-electron chi connectivity index (χ3n) is 4.59. The molecular weight excluding hydrogens is 366 g/mol. The van der Waals surface area contributed by atoms with Crippen LogP contribution >= 0.6 is 11.6 Å². The van der Waals surface area contributed by atoms with Crippen LogP contribution in [0.2, 0.25) is 5.02 Å². The van der Waals surface area contributed by atoms with Crippen molar-refractivity contribution in [2.45, 2.75) is 13.0 Å². The van der Waals surface area contributed by atoms with Gasteiger partial charge in [-0.05, 0) is 24.6 Å². The molecule has 2 aromatic carbocycles. The Morgan fingerprint density at radius 2 is 1.74 bits per heavy atom. The van der Waals surface area contributed by atoms with E-state index in [2.05, 4.69) is 0 Å². The van der Waals surface area contributed by atoms with E-state index < -0.39 is 17.7 Å². The van der Waals surface area contributed by atoms with Crippen molar-refractivity contribution in [2.24, 2.45) is 0 Å². The largest absolute Gasteiger partial charge is 0.507 e. The van der Waals surface area contributed by atoms with Crippen molar-refractivity contribution in [3.05, 3.63) is 75.8 Å². The van der Waals surface area contributed by atoms with Gasteiger partial charge in [-0.1, -0.05) is 53.6 Å². The minimum atomic E-state index is -0.705. The van der Waals surface area contributed by atoms with E-state index in [1.54, 1.807) is 36.4 Å². The number of methoxy groups -OCH3 is 1. The zero-order chi connectivity index (χ0) is 19.6. The molecule has 0 spiro atoms. The Kier molecular flexibility index (Phi) is 5.63. The quantitative estimate of drug-likeness (QED) is 0.484. The summed E-state index contributed by atoms with van der Waals surface area (Å²) < 4.78 is 5.08. The van der Waals surface area contributed by atoms with E-state index in [1.807, 2.05) is 19.1 Å². The number of likely N-dealkylation sites (tertiary alicyclic amines) is 1. The molecular formula is C21H20ClNO4. The number of nitrogens with zero attached hydrogens (tertiary/aromatic N) is 1. The molecule has 6 heteroatoms. The van der Waals surface area contributed by atoms with Crippen LogP contribution in [-0.2, 0) is 14.3 Å². The lowest BCUT2D eigenvalue weighted by atomic mass is 9.95. The smallest absolute Gasteiger partial charge is 0.295 e. The number of aliphatic hydroxyl groups excluding tert-OH is 1. The normalized spacial score (nSPS) is 18.9. The molecule has 5 nitrogen and oxygen atoms in total. The highest BCUT2D eigenvalue weighted by molar-refractivity contribution is 6.46. The van der Waals surface area contributed by atoms with Crippen molar-refractivity contribution in [1.29, 1.82) is 0 Å². The summed E-state index contributed by atoms with van der Waals surface area (Å²) >= 11 is 5.98. The molecule has 27 heavy (non-hydrogen) atoms. The van der Waals surface area contributed by atoms with Crippen LogP contribution in [-0.4, -0.2) is 42.0 Å². The van der Waals surface area contributed by atoms with E-state index in [4.69, 9.17) is 16.3 Å². The summed E-state index contributed by atoms with van der Waals surface area (Å²) in [5, 5.41) is 11.4. The maximum atomic E-state index is 12.7. The highest BCUT2D eigenvalue weighted by Gasteiger charge is 2.45. The Bertz CT molecular complexity index is 887. The average molecular weight is 386 g/mol. The van der Waals surface area contributed by atoms with Gasteiger partial charge in [-0.25, -0.2) is 0 Å². The highest BCUT2D eigenvalue weighted by atomic mass is 35.5. The number of amides is 1. The molecule has 0 aliphatic carbocycles. The first-order valence-electron chi connectivity index (χ1n) is 8.54. The van der Waals surface area contributed by atoms with Gasteiger partial charge in [0.15, 0.2) is 0 Å². The Hall–Kier alpha value is -2.63. The van der Waals surface area contributed by atoms with Crippen LogP contribution in [0.15, 0.2) is 54.1 Å². The molecule has 1 aliphatic heterocycles. The lowest BCUT2D eigenvalue weighted by Crippen LogP contribution is -2.32. The predicted molar refractivity (Wildman–Crippen MR) is 104 cm³/mol. The third kappa shape index (κ3) is 3.75. The first-order valence-corrected chi connectivity index (χ1v) is 8.91. The molecule has 140 valence electrons. The second-order valence-electron chi connectivity index (χ2n) is 6.40. The highest BCUT2D eigenvalue weighted by Crippen LogP contribution is 2.39. The Morgan fingerprint density at radius 3 is 2.33 bits per heavy atom. The summed E-state index contributed by atoms with van der Waals surface area (Å²) in [5.41, 5.74) is 2.29. The van der Waals surface area contributed by atoms with Crippen LogP contribution in [0.3, 0.4) is 0 Å². The fourth-order valence-corrected chi connectivity index (χ4v) is 3.28. The molecule has 0 aromatic heterocycles. The van der Waals surface area contributed by atoms with E-state index in [-0.39, 0.29) is 24.5 Å². The zero-order valence-electron chi connectivity index (χ0n) is 15.1. The van der Waals surface area contributed by atoms with Gasteiger partial charge >= 0.3 is 0 Å². The summed E-state index contributed by atoms with van der Waals surface area (Å²) in [6.45, 7) is 2.45. The fraction of sp³-hybridized carbons (Fsp3) is 0.238. The van der Waals surface area contributed by atoms with Gasteiger partial charge in [0.25, 0.3) is 11.7 Å². The van der Waals surface area contributed by atoms with Crippen LogP contribution in [0.5, 0.6) is 0 Å². The van der Waals surface area contributed by atoms with Crippen LogP contribution in [0.25, 0.3) is 5.76 Å². The number of ether oxygens (including phenoxy) is 1. The second kappa shape index (κ2) is 7.94. The number of rotatable bonds is 5. The summed E-state index contributed by atoms with van der Waals surface area (Å²) in [7, 11) is 1.53. The van der Waals surface area contributed by atoms with Gasteiger partial charge in [0.2, 0.25) is 0 Å². The number of hydrogen-bond donors (Lipinski definition) is 1. The van der Waals surface area contributed by atoms with E-state index in [0.717, 1.165) is 5.56 Å². The van der Waals surface area contributed by atoms with E-state index in [9.17, 15) is 14.7 Å². The summed E-state index contributed by atoms with van der Waals surface area (Å²) in [5.74, 6) is -1.54. The van der Waals surface area contributed by atoms with Crippen LogP contribution in [0.4, 0.5) is 0 Å². The van der Waals surface area contributed by atoms with E-state index >= 15 is 0 Å². The molecule has 1 amide bonds. The van der Waals surface area contributed by atoms with E-state index in [1.165, 1.54) is 12.0 Å². The maximum absolute atomic E-state index is 12.7. The lowest BCUT2D eigenvalue weighted by Gasteiger charge is -2.25. The first-order chi connectivity index (χ1) is 12.9. The number of ketones is 1. The molecule has 1 atom stereocenters. The predicted octanol–water partition coefficient (Wildman–Crippen LogP) is 3.72. The molecule has 1 fully saturated rings. The van der Waals surface area contributed by atoms with Gasteiger partial charge in [-0.2, -0.15) is 0 Å². The standard InChI is InChI=1S/C21H20ClNO4/c1-13-3-5-15(6-4-13)19(24)17-18(14-7-9-16(22)10-8-14)23(11-12-27-2)21(26)20(17)25/h3-10,18,24H,11-12H2,1-2H3/t18-/m1/s1. The van der Waals surface area contributed by atoms with Gasteiger partial charge in [0.05, 0.1) is 18.2 Å². The van der Waals surface area contributed by atoms with Gasteiger partial charge in [0, 0.05) is 24.2 Å². The van der Waals surface area contributed by atoms with E-state index in [0.29, 0.717) is 16.1 Å². The van der Waals surface area contributed by atoms with Crippen molar-refractivity contribution >= 4 is 29.1 Å². The molecule has 1 heterocycles. The second-order valence-corrected chi connectivity index (χ2v) is 6.84. The number of aliphatic hydroxyl groups is 1. The van der Waals surface area contributed by atoms with Crippen LogP contribution in [0, 0.1) is 6.92 Å². The molecule has 0 radical (unpaired) electrons. The van der Waals surface area contributed by atoms with Crippen molar-refractivity contribution < 1.29 is 19.4 Å². The number of aryl methyl sites for hydroxylation is 1. The minimum absolute atomic E-state index is 0.0716. The van der Waals surface area contributed by atoms with Crippen molar-refractivity contribution in [2.75, 3.05) is 20.3 Å². The van der Waals surface area contributed by atoms with Gasteiger partial charge < -0.3 is 14.7 Å². The third-order valence-corrected chi connectivity index (χ3v) is 4.84. The molecule has 0 bridgehead atoms. The van der Waals surface area contributed by atoms with Gasteiger partial charge in [-0.15, -0.1) is 0 Å². The lowest BCUT2D eigenvalue weighted by molar-refractivity contribution is -0.140. The number of carbonyl (C=O) groups is 2.